The second-order valence-electron chi connectivity index (χ2n) is 5.79. The van der Waals surface area contributed by atoms with E-state index in [4.69, 9.17) is 4.74 Å². The molecule has 1 fully saturated rings. The first kappa shape index (κ1) is 17.6. The molecule has 1 aromatic rings. The van der Waals surface area contributed by atoms with Gasteiger partial charge in [-0.2, -0.15) is 0 Å². The van der Waals surface area contributed by atoms with Crippen LogP contribution in [0.1, 0.15) is 30.6 Å². The van der Waals surface area contributed by atoms with E-state index in [2.05, 4.69) is 4.98 Å². The van der Waals surface area contributed by atoms with Crippen molar-refractivity contribution in [2.75, 3.05) is 24.6 Å². The summed E-state index contributed by atoms with van der Waals surface area (Å²) in [5.41, 5.74) is -0.633. The number of pyridine rings is 1. The molecule has 130 valence electrons. The highest BCUT2D eigenvalue weighted by molar-refractivity contribution is 5.96. The maximum absolute atomic E-state index is 12.0. The standard InChI is InChI=1S/C15H19N3O6/c1-3-24-15(21)11-4-5-16-13(12(11)18(22)23)17-7-9(2)6-10(8-17)14(19)20/h4-5,9-10H,3,6-8H2,1-2H3,(H,19,20). The van der Waals surface area contributed by atoms with Crippen LogP contribution in [0.5, 0.6) is 0 Å². The molecule has 2 heterocycles. The molecule has 0 radical (unpaired) electrons. The summed E-state index contributed by atoms with van der Waals surface area (Å²) in [6, 6.07) is 1.24. The molecule has 0 spiro atoms. The van der Waals surface area contributed by atoms with Gasteiger partial charge in [0.1, 0.15) is 5.56 Å². The van der Waals surface area contributed by atoms with Gasteiger partial charge in [0, 0.05) is 19.3 Å². The minimum Gasteiger partial charge on any atom is -0.481 e. The van der Waals surface area contributed by atoms with Gasteiger partial charge < -0.3 is 14.7 Å². The Labute approximate surface area is 138 Å². The van der Waals surface area contributed by atoms with E-state index in [0.29, 0.717) is 13.0 Å². The zero-order valence-corrected chi connectivity index (χ0v) is 13.5. The normalized spacial score (nSPS) is 20.5. The van der Waals surface area contributed by atoms with E-state index >= 15 is 0 Å². The number of hydrogen-bond donors (Lipinski definition) is 1. The van der Waals surface area contributed by atoms with Crippen LogP contribution in [-0.4, -0.2) is 46.6 Å². The van der Waals surface area contributed by atoms with E-state index in [1.165, 1.54) is 12.3 Å². The predicted molar refractivity (Wildman–Crippen MR) is 84.0 cm³/mol. The van der Waals surface area contributed by atoms with Crippen molar-refractivity contribution in [2.24, 2.45) is 11.8 Å². The second kappa shape index (κ2) is 7.24. The molecule has 0 aliphatic carbocycles. The molecule has 2 unspecified atom stereocenters. The molecule has 9 heteroatoms. The maximum Gasteiger partial charge on any atom is 0.345 e. The molecule has 0 amide bonds. The van der Waals surface area contributed by atoms with Gasteiger partial charge in [-0.25, -0.2) is 9.78 Å². The molecule has 1 N–H and O–H groups in total. The first-order chi connectivity index (χ1) is 11.3. The summed E-state index contributed by atoms with van der Waals surface area (Å²) >= 11 is 0. The molecule has 24 heavy (non-hydrogen) atoms. The minimum absolute atomic E-state index is 0.00310. The van der Waals surface area contributed by atoms with Crippen molar-refractivity contribution in [1.82, 2.24) is 4.98 Å². The van der Waals surface area contributed by atoms with E-state index in [1.807, 2.05) is 6.92 Å². The molecule has 0 saturated carbocycles. The lowest BCUT2D eigenvalue weighted by Gasteiger charge is -2.35. The molecule has 9 nitrogen and oxygen atoms in total. The Morgan fingerprint density at radius 3 is 2.79 bits per heavy atom. The van der Waals surface area contributed by atoms with Gasteiger partial charge in [0.05, 0.1) is 17.4 Å². The number of aliphatic carboxylic acids is 1. The molecular formula is C15H19N3O6. The van der Waals surface area contributed by atoms with Gasteiger partial charge in [-0.1, -0.05) is 6.92 Å². The Balaban J connectivity index is 2.45. The van der Waals surface area contributed by atoms with Crippen molar-refractivity contribution in [3.05, 3.63) is 27.9 Å². The quantitative estimate of drug-likeness (QED) is 0.489. The number of nitrogens with zero attached hydrogens (tertiary/aromatic N) is 3. The second-order valence-corrected chi connectivity index (χ2v) is 5.79. The molecule has 1 aliphatic heterocycles. The van der Waals surface area contributed by atoms with E-state index in [9.17, 15) is 24.8 Å². The van der Waals surface area contributed by atoms with Gasteiger partial charge in [0.25, 0.3) is 0 Å². The van der Waals surface area contributed by atoms with Gasteiger partial charge in [-0.05, 0) is 25.3 Å². The van der Waals surface area contributed by atoms with E-state index in [1.54, 1.807) is 11.8 Å². The predicted octanol–water partition coefficient (Wildman–Crippen LogP) is 1.71. The Morgan fingerprint density at radius 2 is 2.21 bits per heavy atom. The molecule has 2 atom stereocenters. The van der Waals surface area contributed by atoms with Crippen molar-refractivity contribution in [2.45, 2.75) is 20.3 Å². The maximum atomic E-state index is 12.0. The highest BCUT2D eigenvalue weighted by Gasteiger charge is 2.35. The smallest absolute Gasteiger partial charge is 0.345 e. The SMILES string of the molecule is CCOC(=O)c1ccnc(N2CC(C)CC(C(=O)O)C2)c1[N+](=O)[O-]. The van der Waals surface area contributed by atoms with Crippen LogP contribution in [-0.2, 0) is 9.53 Å². The number of ether oxygens (including phenoxy) is 1. The fourth-order valence-corrected chi connectivity index (χ4v) is 2.93. The van der Waals surface area contributed by atoms with Crippen LogP contribution in [0, 0.1) is 22.0 Å². The zero-order valence-electron chi connectivity index (χ0n) is 13.5. The molecule has 2 rings (SSSR count). The van der Waals surface area contributed by atoms with E-state index in [0.717, 1.165) is 0 Å². The number of carbonyl (C=O) groups excluding carboxylic acids is 1. The number of rotatable bonds is 5. The van der Waals surface area contributed by atoms with Crippen molar-refractivity contribution in [3.8, 4) is 0 Å². The number of nitro groups is 1. The summed E-state index contributed by atoms with van der Waals surface area (Å²) in [6.07, 6.45) is 1.79. The van der Waals surface area contributed by atoms with Gasteiger partial charge >= 0.3 is 17.6 Å². The lowest BCUT2D eigenvalue weighted by molar-refractivity contribution is -0.384. The van der Waals surface area contributed by atoms with E-state index < -0.39 is 28.5 Å². The average molecular weight is 337 g/mol. The van der Waals surface area contributed by atoms with Crippen molar-refractivity contribution in [1.29, 1.82) is 0 Å². The number of esters is 1. The van der Waals surface area contributed by atoms with Gasteiger partial charge in [-0.15, -0.1) is 0 Å². The number of anilines is 1. The number of hydrogen-bond acceptors (Lipinski definition) is 7. The lowest BCUT2D eigenvalue weighted by Crippen LogP contribution is -2.43. The summed E-state index contributed by atoms with van der Waals surface area (Å²) in [4.78, 5) is 39.7. The summed E-state index contributed by atoms with van der Waals surface area (Å²) < 4.78 is 4.86. The first-order valence-electron chi connectivity index (χ1n) is 7.63. The van der Waals surface area contributed by atoms with Crippen molar-refractivity contribution >= 4 is 23.4 Å². The third-order valence-corrected chi connectivity index (χ3v) is 3.89. The minimum atomic E-state index is -0.948. The molecule has 1 aliphatic rings. The largest absolute Gasteiger partial charge is 0.481 e. The number of carbonyl (C=O) groups is 2. The number of carboxylic acids is 1. The first-order valence-corrected chi connectivity index (χ1v) is 7.63. The van der Waals surface area contributed by atoms with Crippen LogP contribution in [0.4, 0.5) is 11.5 Å². The highest BCUT2D eigenvalue weighted by atomic mass is 16.6. The fraction of sp³-hybridized carbons (Fsp3) is 0.533. The van der Waals surface area contributed by atoms with Gasteiger partial charge in [-0.3, -0.25) is 14.9 Å². The Bertz CT molecular complexity index is 663. The number of piperidine rings is 1. The van der Waals surface area contributed by atoms with Gasteiger partial charge in [0.15, 0.2) is 0 Å². The van der Waals surface area contributed by atoms with Crippen LogP contribution in [0.3, 0.4) is 0 Å². The van der Waals surface area contributed by atoms with Crippen LogP contribution in [0.2, 0.25) is 0 Å². The third-order valence-electron chi connectivity index (χ3n) is 3.89. The highest BCUT2D eigenvalue weighted by Crippen LogP contribution is 2.34. The Kier molecular flexibility index (Phi) is 5.32. The third kappa shape index (κ3) is 3.61. The van der Waals surface area contributed by atoms with Crippen molar-refractivity contribution in [3.63, 3.8) is 0 Å². The zero-order chi connectivity index (χ0) is 17.9. The van der Waals surface area contributed by atoms with Crippen LogP contribution in [0.25, 0.3) is 0 Å². The van der Waals surface area contributed by atoms with Crippen LogP contribution < -0.4 is 4.90 Å². The summed E-state index contributed by atoms with van der Waals surface area (Å²) in [5, 5.41) is 20.8. The van der Waals surface area contributed by atoms with Crippen LogP contribution in [0.15, 0.2) is 12.3 Å². The molecule has 0 aromatic carbocycles. The molecule has 1 saturated heterocycles. The summed E-state index contributed by atoms with van der Waals surface area (Å²) in [7, 11) is 0. The Hall–Kier alpha value is -2.71. The topological polar surface area (TPSA) is 123 Å². The molecular weight excluding hydrogens is 318 g/mol. The average Bonchev–Trinajstić information content (AvgIpc) is 2.53. The van der Waals surface area contributed by atoms with E-state index in [-0.39, 0.29) is 30.5 Å². The lowest BCUT2D eigenvalue weighted by atomic mass is 9.90. The molecule has 0 bridgehead atoms. The monoisotopic (exact) mass is 337 g/mol. The van der Waals surface area contributed by atoms with Crippen molar-refractivity contribution < 1.29 is 24.4 Å². The van der Waals surface area contributed by atoms with Crippen LogP contribution >= 0.6 is 0 Å². The number of aromatic nitrogens is 1. The fourth-order valence-electron chi connectivity index (χ4n) is 2.93. The molecule has 1 aromatic heterocycles. The Morgan fingerprint density at radius 1 is 1.50 bits per heavy atom. The summed E-state index contributed by atoms with van der Waals surface area (Å²) in [5.74, 6) is -2.35. The number of carboxylic acid groups (broad SMARTS) is 1. The summed E-state index contributed by atoms with van der Waals surface area (Å²) in [6.45, 7) is 4.12. The van der Waals surface area contributed by atoms with Gasteiger partial charge in [0.2, 0.25) is 5.82 Å².